The molecule has 0 N–H and O–H groups in total. The maximum atomic E-state index is 11.1. The van der Waals surface area contributed by atoms with Crippen molar-refractivity contribution in [3.8, 4) is 0 Å². The van der Waals surface area contributed by atoms with Gasteiger partial charge in [-0.1, -0.05) is 34.6 Å². The lowest BCUT2D eigenvalue weighted by Gasteiger charge is -2.22. The lowest BCUT2D eigenvalue weighted by Crippen LogP contribution is -2.33. The molecule has 0 aromatic heterocycles. The molecule has 1 fully saturated rings. The highest BCUT2D eigenvalue weighted by Crippen LogP contribution is 2.14. The first-order chi connectivity index (χ1) is 7.75. The lowest BCUT2D eigenvalue weighted by molar-refractivity contribution is -0.129. The zero-order chi connectivity index (χ0) is 13.6. The molecule has 1 aliphatic heterocycles. The molecule has 1 saturated heterocycles. The topological polar surface area (TPSA) is 20.3 Å². The van der Waals surface area contributed by atoms with Crippen molar-refractivity contribution in [3.63, 3.8) is 0 Å². The van der Waals surface area contributed by atoms with Crippen LogP contribution in [-0.4, -0.2) is 23.4 Å². The van der Waals surface area contributed by atoms with Crippen molar-refractivity contribution < 1.29 is 4.79 Å². The summed E-state index contributed by atoms with van der Waals surface area (Å²) in [6, 6.07) is 0.454. The summed E-state index contributed by atoms with van der Waals surface area (Å²) in [6.45, 7) is 13.2. The van der Waals surface area contributed by atoms with E-state index in [4.69, 9.17) is 0 Å². The lowest BCUT2D eigenvalue weighted by atomic mass is 10.2. The minimum atomic E-state index is 0.342. The number of nitrogens with zero attached hydrogens (tertiary/aromatic N) is 1. The van der Waals surface area contributed by atoms with E-state index in [0.29, 0.717) is 11.9 Å². The molecular weight excluding hydrogens is 428 g/mol. The number of amides is 1. The van der Waals surface area contributed by atoms with Crippen LogP contribution in [0, 0.1) is 0 Å². The number of carbonyl (C=O) groups excluding carboxylic acids is 1. The Morgan fingerprint density at radius 3 is 1.94 bits per heavy atom. The van der Waals surface area contributed by atoms with Gasteiger partial charge in [0.2, 0.25) is 5.91 Å². The van der Waals surface area contributed by atoms with Crippen molar-refractivity contribution in [1.29, 1.82) is 0 Å². The van der Waals surface area contributed by atoms with E-state index in [2.05, 4.69) is 51.1 Å². The van der Waals surface area contributed by atoms with Gasteiger partial charge in [0.05, 0.1) is 0 Å². The SMILES string of the molecule is CC.CC.CCC(C)N1CCCC1=O.II. The molecule has 1 aliphatic rings. The van der Waals surface area contributed by atoms with E-state index in [0.717, 1.165) is 25.8 Å². The predicted octanol–water partition coefficient (Wildman–Crippen LogP) is 5.23. The Kier molecular flexibility index (Phi) is 25.3. The van der Waals surface area contributed by atoms with Gasteiger partial charge in [0.15, 0.2) is 0 Å². The normalized spacial score (nSPS) is 14.8. The largest absolute Gasteiger partial charge is 0.340 e. The van der Waals surface area contributed by atoms with Crippen LogP contribution in [0.25, 0.3) is 0 Å². The van der Waals surface area contributed by atoms with E-state index in [1.165, 1.54) is 0 Å². The van der Waals surface area contributed by atoms with Gasteiger partial charge in [-0.3, -0.25) is 4.79 Å². The maximum Gasteiger partial charge on any atom is 0.222 e. The molecule has 0 aromatic carbocycles. The van der Waals surface area contributed by atoms with Crippen molar-refractivity contribution >= 4 is 43.1 Å². The highest BCUT2D eigenvalue weighted by Gasteiger charge is 2.23. The van der Waals surface area contributed by atoms with Crippen LogP contribution in [-0.2, 0) is 4.79 Å². The van der Waals surface area contributed by atoms with Crippen molar-refractivity contribution in [3.05, 3.63) is 0 Å². The second-order valence-corrected chi connectivity index (χ2v) is 2.95. The highest BCUT2D eigenvalue weighted by atomic mass is 128. The molecular formula is C12H27I2NO. The van der Waals surface area contributed by atoms with E-state index in [9.17, 15) is 4.79 Å². The number of halogens is 2. The summed E-state index contributed by atoms with van der Waals surface area (Å²) in [5.74, 6) is 0.342. The molecule has 1 unspecified atom stereocenters. The van der Waals surface area contributed by atoms with Crippen LogP contribution in [0.15, 0.2) is 0 Å². The molecule has 0 spiro atoms. The van der Waals surface area contributed by atoms with Crippen LogP contribution >= 0.6 is 37.2 Å². The van der Waals surface area contributed by atoms with Crippen molar-refractivity contribution in [2.75, 3.05) is 6.54 Å². The van der Waals surface area contributed by atoms with Crippen LogP contribution in [0.1, 0.15) is 60.8 Å². The summed E-state index contributed by atoms with van der Waals surface area (Å²) in [4.78, 5) is 13.1. The molecule has 16 heavy (non-hydrogen) atoms. The van der Waals surface area contributed by atoms with Crippen LogP contribution in [0.3, 0.4) is 0 Å². The molecule has 0 aromatic rings. The fraction of sp³-hybridized carbons (Fsp3) is 0.917. The molecule has 0 radical (unpaired) electrons. The highest BCUT2D eigenvalue weighted by molar-refractivity contribution is 15.0. The van der Waals surface area contributed by atoms with Gasteiger partial charge in [0, 0.05) is 56.2 Å². The third kappa shape index (κ3) is 10.1. The molecule has 1 atom stereocenters. The average Bonchev–Trinajstić information content (AvgIpc) is 2.82. The standard InChI is InChI=1S/C8H15NO.2C2H6.I2/c1-3-7(2)9-6-4-5-8(9)10;3*1-2/h7H,3-6H2,1-2H3;2*1-2H3;. The number of carbonyl (C=O) groups is 1. The average molecular weight is 455 g/mol. The van der Waals surface area contributed by atoms with Gasteiger partial charge < -0.3 is 4.90 Å². The summed E-state index contributed by atoms with van der Waals surface area (Å²) in [5, 5.41) is 0. The van der Waals surface area contributed by atoms with Gasteiger partial charge in [0.1, 0.15) is 0 Å². The summed E-state index contributed by atoms with van der Waals surface area (Å²) >= 11 is 4.24. The Balaban J connectivity index is -0.000000245. The minimum Gasteiger partial charge on any atom is -0.340 e. The first-order valence-corrected chi connectivity index (χ1v) is 12.5. The first kappa shape index (κ1) is 22.1. The van der Waals surface area contributed by atoms with Gasteiger partial charge in [-0.15, -0.1) is 0 Å². The number of rotatable bonds is 2. The summed E-state index contributed by atoms with van der Waals surface area (Å²) in [5.41, 5.74) is 0. The van der Waals surface area contributed by atoms with E-state index >= 15 is 0 Å². The molecule has 2 nitrogen and oxygen atoms in total. The summed E-state index contributed by atoms with van der Waals surface area (Å²) in [6.07, 6.45) is 2.90. The van der Waals surface area contributed by atoms with Crippen molar-refractivity contribution in [2.24, 2.45) is 0 Å². The van der Waals surface area contributed by atoms with Crippen LogP contribution in [0.5, 0.6) is 0 Å². The smallest absolute Gasteiger partial charge is 0.222 e. The quantitative estimate of drug-likeness (QED) is 0.523. The van der Waals surface area contributed by atoms with Gasteiger partial charge in [-0.05, 0) is 19.8 Å². The maximum absolute atomic E-state index is 11.1. The number of hydrogen-bond donors (Lipinski definition) is 0. The zero-order valence-corrected chi connectivity index (χ0v) is 15.8. The fourth-order valence-electron chi connectivity index (χ4n) is 1.36. The monoisotopic (exact) mass is 455 g/mol. The van der Waals surface area contributed by atoms with E-state index in [1.807, 2.05) is 32.6 Å². The number of likely N-dealkylation sites (tertiary alicyclic amines) is 1. The Hall–Kier alpha value is 0.930. The molecule has 1 amide bonds. The Bertz CT molecular complexity index is 143. The van der Waals surface area contributed by atoms with Gasteiger partial charge in [-0.25, -0.2) is 0 Å². The van der Waals surface area contributed by atoms with E-state index < -0.39 is 0 Å². The first-order valence-electron chi connectivity index (χ1n) is 6.19. The van der Waals surface area contributed by atoms with Crippen LogP contribution in [0.2, 0.25) is 0 Å². The second-order valence-electron chi connectivity index (χ2n) is 2.95. The molecule has 1 rings (SSSR count). The fourth-order valence-corrected chi connectivity index (χ4v) is 1.36. The summed E-state index contributed by atoms with van der Waals surface area (Å²) in [7, 11) is 0. The van der Waals surface area contributed by atoms with Crippen molar-refractivity contribution in [1.82, 2.24) is 4.90 Å². The molecule has 4 heteroatoms. The minimum absolute atomic E-state index is 0.342. The van der Waals surface area contributed by atoms with Gasteiger partial charge in [0.25, 0.3) is 0 Å². The molecule has 100 valence electrons. The predicted molar refractivity (Wildman–Crippen MR) is 91.4 cm³/mol. The Morgan fingerprint density at radius 1 is 1.25 bits per heavy atom. The van der Waals surface area contributed by atoms with Gasteiger partial charge >= 0.3 is 0 Å². The zero-order valence-electron chi connectivity index (χ0n) is 11.5. The molecule has 0 saturated carbocycles. The third-order valence-electron chi connectivity index (χ3n) is 2.23. The van der Waals surface area contributed by atoms with Gasteiger partial charge in [-0.2, -0.15) is 0 Å². The van der Waals surface area contributed by atoms with Crippen molar-refractivity contribution in [2.45, 2.75) is 66.8 Å². The Morgan fingerprint density at radius 2 is 1.69 bits per heavy atom. The molecule has 1 heterocycles. The van der Waals surface area contributed by atoms with E-state index in [1.54, 1.807) is 0 Å². The number of hydrogen-bond acceptors (Lipinski definition) is 1. The Labute approximate surface area is 125 Å². The molecule has 0 aliphatic carbocycles. The second kappa shape index (κ2) is 18.3. The molecule has 0 bridgehead atoms. The third-order valence-corrected chi connectivity index (χ3v) is 2.23. The van der Waals surface area contributed by atoms with Crippen LogP contribution in [0.4, 0.5) is 0 Å². The summed E-state index contributed by atoms with van der Waals surface area (Å²) < 4.78 is 0. The van der Waals surface area contributed by atoms with E-state index in [-0.39, 0.29) is 0 Å². The van der Waals surface area contributed by atoms with Crippen LogP contribution < -0.4 is 0 Å².